The zero-order chi connectivity index (χ0) is 19.3. The van der Waals surface area contributed by atoms with Crippen molar-refractivity contribution < 1.29 is 4.79 Å². The van der Waals surface area contributed by atoms with Crippen molar-refractivity contribution in [2.75, 3.05) is 26.2 Å². The highest BCUT2D eigenvalue weighted by atomic mass is 35.5. The van der Waals surface area contributed by atoms with Crippen molar-refractivity contribution in [1.29, 1.82) is 0 Å². The second-order valence-electron chi connectivity index (χ2n) is 7.21. The summed E-state index contributed by atoms with van der Waals surface area (Å²) >= 11 is 7.66. The largest absolute Gasteiger partial charge is 0.341 e. The molecule has 3 aromatic rings. The van der Waals surface area contributed by atoms with Crippen LogP contribution in [0, 0.1) is 0 Å². The summed E-state index contributed by atoms with van der Waals surface area (Å²) < 4.78 is 1.19. The van der Waals surface area contributed by atoms with Gasteiger partial charge in [-0.3, -0.25) is 9.69 Å². The Labute approximate surface area is 174 Å². The second-order valence-corrected chi connectivity index (χ2v) is 8.76. The molecule has 0 bridgehead atoms. The van der Waals surface area contributed by atoms with Crippen LogP contribution in [0.3, 0.4) is 0 Å². The van der Waals surface area contributed by atoms with Gasteiger partial charge in [-0.15, -0.1) is 11.3 Å². The maximum atomic E-state index is 12.7. The van der Waals surface area contributed by atoms with Gasteiger partial charge in [0.05, 0.1) is 15.2 Å². The van der Waals surface area contributed by atoms with Crippen molar-refractivity contribution in [2.45, 2.75) is 25.8 Å². The van der Waals surface area contributed by atoms with Crippen LogP contribution in [0.15, 0.2) is 48.5 Å². The molecule has 4 nitrogen and oxygen atoms in total. The average Bonchev–Trinajstić information content (AvgIpc) is 2.98. The lowest BCUT2D eigenvalue weighted by atomic mass is 10.2. The smallest absolute Gasteiger partial charge is 0.223 e. The summed E-state index contributed by atoms with van der Waals surface area (Å²) in [6.07, 6.45) is 2.28. The normalized spacial score (nSPS) is 15.7. The topological polar surface area (TPSA) is 36.4 Å². The Morgan fingerprint density at radius 3 is 2.68 bits per heavy atom. The SMILES string of the molecule is O=C(CCc1nc2ccccc2s1)N1CCCN(Cc2ccc(Cl)cc2)CC1. The number of amides is 1. The van der Waals surface area contributed by atoms with E-state index >= 15 is 0 Å². The van der Waals surface area contributed by atoms with Gasteiger partial charge < -0.3 is 4.90 Å². The number of carbonyl (C=O) groups excluding carboxylic acids is 1. The van der Waals surface area contributed by atoms with Crippen LogP contribution in [0.2, 0.25) is 5.02 Å². The minimum Gasteiger partial charge on any atom is -0.341 e. The molecule has 0 unspecified atom stereocenters. The standard InChI is InChI=1S/C22H24ClN3OS/c23-18-8-6-17(7-9-18)16-25-12-3-13-26(15-14-25)22(27)11-10-21-24-19-4-1-2-5-20(19)28-21/h1-2,4-9H,3,10-16H2. The van der Waals surface area contributed by atoms with Crippen LogP contribution >= 0.6 is 22.9 Å². The molecule has 4 rings (SSSR count). The van der Waals surface area contributed by atoms with Gasteiger partial charge in [0.2, 0.25) is 5.91 Å². The monoisotopic (exact) mass is 413 g/mol. The van der Waals surface area contributed by atoms with Crippen LogP contribution in [0.5, 0.6) is 0 Å². The Kier molecular flexibility index (Phi) is 6.25. The Hall–Kier alpha value is -1.95. The number of para-hydroxylation sites is 1. The molecule has 1 saturated heterocycles. The van der Waals surface area contributed by atoms with Crippen molar-refractivity contribution in [2.24, 2.45) is 0 Å². The highest BCUT2D eigenvalue weighted by Crippen LogP contribution is 2.22. The van der Waals surface area contributed by atoms with Crippen molar-refractivity contribution in [3.63, 3.8) is 0 Å². The van der Waals surface area contributed by atoms with E-state index < -0.39 is 0 Å². The molecule has 1 aliphatic rings. The number of nitrogens with zero attached hydrogens (tertiary/aromatic N) is 3. The van der Waals surface area contributed by atoms with E-state index in [9.17, 15) is 4.79 Å². The van der Waals surface area contributed by atoms with Crippen molar-refractivity contribution in [3.05, 3.63) is 64.1 Å². The quantitative estimate of drug-likeness (QED) is 0.612. The zero-order valence-corrected chi connectivity index (χ0v) is 17.4. The van der Waals surface area contributed by atoms with Gasteiger partial charge in [-0.05, 0) is 36.2 Å². The molecule has 0 radical (unpaired) electrons. The number of thiazole rings is 1. The molecule has 0 aliphatic carbocycles. The number of aromatic nitrogens is 1. The summed E-state index contributed by atoms with van der Waals surface area (Å²) in [7, 11) is 0. The van der Waals surface area contributed by atoms with Crippen LogP contribution in [0.1, 0.15) is 23.4 Å². The molecule has 1 amide bonds. The lowest BCUT2D eigenvalue weighted by molar-refractivity contribution is -0.131. The molecule has 2 heterocycles. The van der Waals surface area contributed by atoms with Crippen molar-refractivity contribution >= 4 is 39.1 Å². The molecule has 0 atom stereocenters. The lowest BCUT2D eigenvalue weighted by Crippen LogP contribution is -2.35. The van der Waals surface area contributed by atoms with Gasteiger partial charge >= 0.3 is 0 Å². The molecule has 146 valence electrons. The van der Waals surface area contributed by atoms with Gasteiger partial charge in [0.15, 0.2) is 0 Å². The van der Waals surface area contributed by atoms with Crippen LogP contribution in [-0.4, -0.2) is 46.9 Å². The first-order valence-corrected chi connectivity index (χ1v) is 11.0. The molecule has 0 saturated carbocycles. The fourth-order valence-electron chi connectivity index (χ4n) is 3.63. The van der Waals surface area contributed by atoms with Crippen LogP contribution in [0.4, 0.5) is 0 Å². The number of hydrogen-bond acceptors (Lipinski definition) is 4. The Balaban J connectivity index is 1.28. The maximum Gasteiger partial charge on any atom is 0.223 e. The number of fused-ring (bicyclic) bond motifs is 1. The molecule has 1 fully saturated rings. The molecule has 6 heteroatoms. The third kappa shape index (κ3) is 4.90. The molecule has 0 N–H and O–H groups in total. The second kappa shape index (κ2) is 9.03. The fraction of sp³-hybridized carbons (Fsp3) is 0.364. The van der Waals surface area contributed by atoms with E-state index in [1.54, 1.807) is 11.3 Å². The van der Waals surface area contributed by atoms with Gasteiger partial charge in [-0.1, -0.05) is 35.9 Å². The highest BCUT2D eigenvalue weighted by Gasteiger charge is 2.19. The van der Waals surface area contributed by atoms with E-state index in [1.807, 2.05) is 35.2 Å². The van der Waals surface area contributed by atoms with Crippen LogP contribution in [-0.2, 0) is 17.8 Å². The third-order valence-corrected chi connectivity index (χ3v) is 6.50. The van der Waals surface area contributed by atoms with E-state index in [1.165, 1.54) is 10.3 Å². The minimum atomic E-state index is 0.243. The summed E-state index contributed by atoms with van der Waals surface area (Å²) in [5, 5.41) is 1.82. The Bertz CT molecular complexity index is 907. The van der Waals surface area contributed by atoms with E-state index in [4.69, 9.17) is 11.6 Å². The molecule has 1 aromatic heterocycles. The summed E-state index contributed by atoms with van der Waals surface area (Å²) in [5.41, 5.74) is 2.29. The van der Waals surface area contributed by atoms with E-state index in [-0.39, 0.29) is 5.91 Å². The predicted molar refractivity (Wildman–Crippen MR) is 116 cm³/mol. The Morgan fingerprint density at radius 2 is 1.86 bits per heavy atom. The number of aryl methyl sites for hydroxylation is 1. The first kappa shape index (κ1) is 19.4. The van der Waals surface area contributed by atoms with E-state index in [0.717, 1.165) is 61.1 Å². The zero-order valence-electron chi connectivity index (χ0n) is 15.8. The minimum absolute atomic E-state index is 0.243. The third-order valence-electron chi connectivity index (χ3n) is 5.15. The number of hydrogen-bond donors (Lipinski definition) is 0. The highest BCUT2D eigenvalue weighted by molar-refractivity contribution is 7.18. The molecule has 0 spiro atoms. The Morgan fingerprint density at radius 1 is 1.04 bits per heavy atom. The fourth-order valence-corrected chi connectivity index (χ4v) is 4.72. The van der Waals surface area contributed by atoms with Gasteiger partial charge in [0.25, 0.3) is 0 Å². The summed E-state index contributed by atoms with van der Waals surface area (Å²) in [5.74, 6) is 0.243. The van der Waals surface area contributed by atoms with E-state index in [0.29, 0.717) is 6.42 Å². The molecule has 28 heavy (non-hydrogen) atoms. The summed E-state index contributed by atoms with van der Waals surface area (Å²) in [6.45, 7) is 4.48. The van der Waals surface area contributed by atoms with Crippen molar-refractivity contribution in [1.82, 2.24) is 14.8 Å². The summed E-state index contributed by atoms with van der Waals surface area (Å²) in [6, 6.07) is 16.2. The molecular weight excluding hydrogens is 390 g/mol. The lowest BCUT2D eigenvalue weighted by Gasteiger charge is -2.22. The number of rotatable bonds is 5. The molecule has 2 aromatic carbocycles. The number of carbonyl (C=O) groups is 1. The van der Waals surface area contributed by atoms with Crippen LogP contribution < -0.4 is 0 Å². The number of halogens is 1. The molecule has 1 aliphatic heterocycles. The average molecular weight is 414 g/mol. The van der Waals surface area contributed by atoms with Gasteiger partial charge in [-0.25, -0.2) is 4.98 Å². The molecular formula is C22H24ClN3OS. The number of benzene rings is 2. The summed E-state index contributed by atoms with van der Waals surface area (Å²) in [4.78, 5) is 21.8. The maximum absolute atomic E-state index is 12.7. The first-order valence-electron chi connectivity index (χ1n) is 9.76. The van der Waals surface area contributed by atoms with Gasteiger partial charge in [0.1, 0.15) is 0 Å². The van der Waals surface area contributed by atoms with Crippen molar-refractivity contribution in [3.8, 4) is 0 Å². The first-order chi connectivity index (χ1) is 13.7. The van der Waals surface area contributed by atoms with Gasteiger partial charge in [-0.2, -0.15) is 0 Å². The van der Waals surface area contributed by atoms with Crippen LogP contribution in [0.25, 0.3) is 10.2 Å². The predicted octanol–water partition coefficient (Wildman–Crippen LogP) is 4.62. The van der Waals surface area contributed by atoms with Gasteiger partial charge in [0, 0.05) is 50.6 Å². The van der Waals surface area contributed by atoms with E-state index in [2.05, 4.69) is 28.1 Å².